The molecule has 9 nitrogen and oxygen atoms in total. The molecule has 1 aliphatic heterocycles. The van der Waals surface area contributed by atoms with E-state index in [1.54, 1.807) is 18.0 Å². The molecule has 2 amide bonds. The van der Waals surface area contributed by atoms with Gasteiger partial charge in [-0.15, -0.1) is 0 Å². The van der Waals surface area contributed by atoms with E-state index in [9.17, 15) is 9.59 Å². The van der Waals surface area contributed by atoms with Gasteiger partial charge in [0.25, 0.3) is 11.8 Å². The Labute approximate surface area is 184 Å². The van der Waals surface area contributed by atoms with Crippen LogP contribution in [0.4, 0.5) is 0 Å². The smallest absolute Gasteiger partial charge is 0.274 e. The number of amides is 2. The normalized spacial score (nSPS) is 14.5. The highest BCUT2D eigenvalue weighted by Crippen LogP contribution is 2.11. The Morgan fingerprint density at radius 2 is 1.48 bits per heavy atom. The summed E-state index contributed by atoms with van der Waals surface area (Å²) >= 11 is 0. The van der Waals surface area contributed by atoms with E-state index in [1.165, 1.54) is 19.3 Å². The summed E-state index contributed by atoms with van der Waals surface area (Å²) in [4.78, 5) is 31.7. The maximum absolute atomic E-state index is 13.1. The Kier molecular flexibility index (Phi) is 8.22. The quantitative estimate of drug-likeness (QED) is 0.601. The fourth-order valence-electron chi connectivity index (χ4n) is 3.79. The van der Waals surface area contributed by atoms with Crippen LogP contribution in [0.15, 0.2) is 12.1 Å². The van der Waals surface area contributed by atoms with Crippen LogP contribution in [-0.2, 0) is 12.8 Å². The van der Waals surface area contributed by atoms with Crippen LogP contribution >= 0.6 is 0 Å². The minimum absolute atomic E-state index is 0.0955. The van der Waals surface area contributed by atoms with Crippen LogP contribution in [0.3, 0.4) is 0 Å². The van der Waals surface area contributed by atoms with Crippen LogP contribution in [0.25, 0.3) is 0 Å². The highest BCUT2D eigenvalue weighted by atomic mass is 16.2. The van der Waals surface area contributed by atoms with Crippen LogP contribution in [0.1, 0.15) is 65.5 Å². The molecule has 2 aromatic heterocycles. The van der Waals surface area contributed by atoms with Gasteiger partial charge < -0.3 is 14.7 Å². The Morgan fingerprint density at radius 3 is 2.03 bits per heavy atom. The van der Waals surface area contributed by atoms with Crippen LogP contribution in [0.2, 0.25) is 0 Å². The van der Waals surface area contributed by atoms with E-state index in [-0.39, 0.29) is 11.8 Å². The molecule has 1 aliphatic rings. The van der Waals surface area contributed by atoms with Crippen LogP contribution in [0.5, 0.6) is 0 Å². The molecule has 0 spiro atoms. The molecule has 0 saturated carbocycles. The lowest BCUT2D eigenvalue weighted by molar-refractivity contribution is 0.0662. The third-order valence-corrected chi connectivity index (χ3v) is 5.94. The average molecular weight is 430 g/mol. The van der Waals surface area contributed by atoms with Gasteiger partial charge in [0.2, 0.25) is 0 Å². The van der Waals surface area contributed by atoms with Crippen LogP contribution in [-0.4, -0.2) is 93.2 Å². The number of aromatic nitrogens is 4. The molecule has 9 heteroatoms. The number of likely N-dealkylation sites (N-methyl/N-ethyl adjacent to an activating group) is 1. The first-order valence-corrected chi connectivity index (χ1v) is 11.4. The number of hydrogen-bond donors (Lipinski definition) is 2. The van der Waals surface area contributed by atoms with Gasteiger partial charge in [-0.05, 0) is 50.9 Å². The van der Waals surface area contributed by atoms with Crippen molar-refractivity contribution in [2.75, 3.05) is 46.3 Å². The van der Waals surface area contributed by atoms with Gasteiger partial charge in [-0.3, -0.25) is 19.8 Å². The maximum atomic E-state index is 13.1. The lowest BCUT2D eigenvalue weighted by Crippen LogP contribution is -2.44. The van der Waals surface area contributed by atoms with Gasteiger partial charge in [0, 0.05) is 44.6 Å². The molecule has 2 N–H and O–H groups in total. The Morgan fingerprint density at radius 1 is 0.903 bits per heavy atom. The molecule has 170 valence electrons. The van der Waals surface area contributed by atoms with Crippen molar-refractivity contribution in [1.29, 1.82) is 0 Å². The van der Waals surface area contributed by atoms with E-state index in [4.69, 9.17) is 0 Å². The number of aromatic amines is 2. The van der Waals surface area contributed by atoms with Crippen molar-refractivity contribution >= 4 is 11.8 Å². The number of aryl methyl sites for hydroxylation is 2. The predicted octanol–water partition coefficient (Wildman–Crippen LogP) is 1.96. The average Bonchev–Trinajstić information content (AvgIpc) is 3.48. The highest BCUT2D eigenvalue weighted by molar-refractivity contribution is 5.93. The fourth-order valence-corrected chi connectivity index (χ4v) is 3.79. The molecule has 0 atom stereocenters. The van der Waals surface area contributed by atoms with E-state index in [2.05, 4.69) is 25.3 Å². The number of carbonyl (C=O) groups is 2. The van der Waals surface area contributed by atoms with Crippen molar-refractivity contribution < 1.29 is 9.59 Å². The third kappa shape index (κ3) is 6.16. The molecular formula is C22H35N7O2. The number of nitrogens with zero attached hydrogens (tertiary/aromatic N) is 5. The first-order chi connectivity index (χ1) is 15.0. The van der Waals surface area contributed by atoms with Crippen LogP contribution < -0.4 is 0 Å². The predicted molar refractivity (Wildman–Crippen MR) is 119 cm³/mol. The SMILES string of the molecule is CCc1cc(C(=O)N(C)CCN(CCN2CCCCC2)C(=O)c2cc(CC)[nH]n2)n[nH]1. The van der Waals surface area contributed by atoms with Gasteiger partial charge in [-0.25, -0.2) is 0 Å². The van der Waals surface area contributed by atoms with Gasteiger partial charge in [-0.2, -0.15) is 10.2 Å². The van der Waals surface area contributed by atoms with E-state index < -0.39 is 0 Å². The van der Waals surface area contributed by atoms with Gasteiger partial charge in [0.15, 0.2) is 0 Å². The van der Waals surface area contributed by atoms with Crippen LogP contribution in [0, 0.1) is 0 Å². The largest absolute Gasteiger partial charge is 0.339 e. The summed E-state index contributed by atoms with van der Waals surface area (Å²) < 4.78 is 0. The number of hydrogen-bond acceptors (Lipinski definition) is 5. The summed E-state index contributed by atoms with van der Waals surface area (Å²) in [5.74, 6) is -0.241. The lowest BCUT2D eigenvalue weighted by Gasteiger charge is -2.30. The summed E-state index contributed by atoms with van der Waals surface area (Å²) in [7, 11) is 1.75. The number of piperidine rings is 1. The zero-order chi connectivity index (χ0) is 22.2. The van der Waals surface area contributed by atoms with E-state index in [0.717, 1.165) is 43.9 Å². The molecule has 0 aromatic carbocycles. The van der Waals surface area contributed by atoms with Gasteiger partial charge in [-0.1, -0.05) is 20.3 Å². The first-order valence-electron chi connectivity index (χ1n) is 11.4. The van der Waals surface area contributed by atoms with Crippen molar-refractivity contribution in [1.82, 2.24) is 35.1 Å². The molecule has 1 fully saturated rings. The summed E-state index contributed by atoms with van der Waals surface area (Å²) in [5.41, 5.74) is 2.71. The topological polar surface area (TPSA) is 101 Å². The molecule has 0 radical (unpaired) electrons. The second-order valence-electron chi connectivity index (χ2n) is 8.19. The van der Waals surface area contributed by atoms with Crippen molar-refractivity contribution in [2.24, 2.45) is 0 Å². The second kappa shape index (κ2) is 11.1. The summed E-state index contributed by atoms with van der Waals surface area (Å²) in [6, 6.07) is 3.61. The fraction of sp³-hybridized carbons (Fsp3) is 0.636. The number of likely N-dealkylation sites (tertiary alicyclic amines) is 1. The standard InChI is InChI=1S/C22H35N7O2/c1-4-17-15-19(25-23-17)21(30)27(3)11-13-29(14-12-28-9-7-6-8-10-28)22(31)20-16-18(5-2)24-26-20/h15-16H,4-14H2,1-3H3,(H,23,25)(H,24,26). The molecule has 31 heavy (non-hydrogen) atoms. The number of nitrogens with one attached hydrogen (secondary N) is 2. The number of H-pyrrole nitrogens is 2. The molecular weight excluding hydrogens is 394 g/mol. The highest BCUT2D eigenvalue weighted by Gasteiger charge is 2.22. The summed E-state index contributed by atoms with van der Waals surface area (Å²) in [6.45, 7) is 8.55. The van der Waals surface area contributed by atoms with Gasteiger partial charge >= 0.3 is 0 Å². The maximum Gasteiger partial charge on any atom is 0.274 e. The lowest BCUT2D eigenvalue weighted by atomic mass is 10.1. The molecule has 0 unspecified atom stereocenters. The van der Waals surface area contributed by atoms with Gasteiger partial charge in [0.05, 0.1) is 0 Å². The molecule has 1 saturated heterocycles. The van der Waals surface area contributed by atoms with Crippen molar-refractivity contribution in [3.05, 3.63) is 34.9 Å². The zero-order valence-corrected chi connectivity index (χ0v) is 19.0. The van der Waals surface area contributed by atoms with Crippen molar-refractivity contribution in [3.63, 3.8) is 0 Å². The molecule has 3 rings (SSSR count). The third-order valence-electron chi connectivity index (χ3n) is 5.94. The summed E-state index contributed by atoms with van der Waals surface area (Å²) in [6.07, 6.45) is 5.31. The first kappa shape index (κ1) is 23.0. The van der Waals surface area contributed by atoms with Crippen molar-refractivity contribution in [3.8, 4) is 0 Å². The van der Waals surface area contributed by atoms with Crippen molar-refractivity contribution in [2.45, 2.75) is 46.0 Å². The van der Waals surface area contributed by atoms with Gasteiger partial charge in [0.1, 0.15) is 11.4 Å². The zero-order valence-electron chi connectivity index (χ0n) is 19.0. The number of carbonyl (C=O) groups excluding carboxylic acids is 2. The minimum Gasteiger partial charge on any atom is -0.339 e. The van der Waals surface area contributed by atoms with E-state index >= 15 is 0 Å². The Bertz CT molecular complexity index is 854. The molecule has 2 aromatic rings. The van der Waals surface area contributed by atoms with E-state index in [1.807, 2.05) is 24.8 Å². The number of rotatable bonds is 10. The minimum atomic E-state index is -0.146. The monoisotopic (exact) mass is 429 g/mol. The summed E-state index contributed by atoms with van der Waals surface area (Å²) in [5, 5.41) is 14.1. The Hall–Kier alpha value is -2.68. The molecule has 3 heterocycles. The second-order valence-corrected chi connectivity index (χ2v) is 8.19. The Balaban J connectivity index is 1.62. The molecule has 0 aliphatic carbocycles. The molecule has 0 bridgehead atoms. The van der Waals surface area contributed by atoms with E-state index in [0.29, 0.717) is 31.0 Å².